The summed E-state index contributed by atoms with van der Waals surface area (Å²) in [5, 5.41) is 3.47. The van der Waals surface area contributed by atoms with Crippen LogP contribution in [0.4, 0.5) is 0 Å². The van der Waals surface area contributed by atoms with E-state index < -0.39 is 0 Å². The van der Waals surface area contributed by atoms with E-state index in [4.69, 9.17) is 0 Å². The zero-order chi connectivity index (χ0) is 12.6. The summed E-state index contributed by atoms with van der Waals surface area (Å²) in [5.74, 6) is 0. The Morgan fingerprint density at radius 3 is 2.31 bits per heavy atom. The molecule has 0 saturated heterocycles. The second-order valence-electron chi connectivity index (χ2n) is 5.36. The minimum absolute atomic E-state index is 0.212. The van der Waals surface area contributed by atoms with Crippen LogP contribution in [0.2, 0.25) is 0 Å². The molecule has 2 heteroatoms. The van der Waals surface area contributed by atoms with Gasteiger partial charge in [-0.3, -0.25) is 4.90 Å². The number of hydrogen-bond donors (Lipinski definition) is 1. The second-order valence-corrected chi connectivity index (χ2v) is 5.36. The Morgan fingerprint density at radius 1 is 1.31 bits per heavy atom. The van der Waals surface area contributed by atoms with Gasteiger partial charge in [-0.15, -0.1) is 6.58 Å². The monoisotopic (exact) mass is 226 g/mol. The Morgan fingerprint density at radius 2 is 1.94 bits per heavy atom. The molecule has 0 rings (SSSR count). The van der Waals surface area contributed by atoms with Crippen molar-refractivity contribution in [1.29, 1.82) is 0 Å². The van der Waals surface area contributed by atoms with Gasteiger partial charge in [-0.05, 0) is 33.7 Å². The third kappa shape index (κ3) is 5.66. The smallest absolute Gasteiger partial charge is 0.0229 e. The normalized spacial score (nSPS) is 14.1. The summed E-state index contributed by atoms with van der Waals surface area (Å²) in [6.07, 6.45) is 4.50. The van der Waals surface area contributed by atoms with E-state index in [9.17, 15) is 0 Å². The van der Waals surface area contributed by atoms with Crippen LogP contribution < -0.4 is 5.32 Å². The van der Waals surface area contributed by atoms with Crippen LogP contribution in [0.15, 0.2) is 12.7 Å². The highest BCUT2D eigenvalue weighted by molar-refractivity contribution is 4.88. The van der Waals surface area contributed by atoms with E-state index >= 15 is 0 Å². The first-order valence-electron chi connectivity index (χ1n) is 6.55. The average Bonchev–Trinajstić information content (AvgIpc) is 2.19. The van der Waals surface area contributed by atoms with Gasteiger partial charge in [-0.2, -0.15) is 0 Å². The minimum Gasteiger partial charge on any atom is -0.315 e. The third-order valence-electron chi connectivity index (χ3n) is 2.88. The first-order valence-corrected chi connectivity index (χ1v) is 6.55. The summed E-state index contributed by atoms with van der Waals surface area (Å²) in [5.41, 5.74) is 0.212. The molecule has 0 fully saturated rings. The molecule has 96 valence electrons. The van der Waals surface area contributed by atoms with Crippen LogP contribution in [0.25, 0.3) is 0 Å². The Balaban J connectivity index is 4.57. The summed E-state index contributed by atoms with van der Waals surface area (Å²) < 4.78 is 0. The fourth-order valence-electron chi connectivity index (χ4n) is 2.12. The maximum absolute atomic E-state index is 3.87. The van der Waals surface area contributed by atoms with Crippen molar-refractivity contribution in [1.82, 2.24) is 10.2 Å². The molecule has 0 heterocycles. The zero-order valence-corrected chi connectivity index (χ0v) is 11.8. The van der Waals surface area contributed by atoms with Crippen molar-refractivity contribution in [3.63, 3.8) is 0 Å². The molecule has 0 aromatic rings. The van der Waals surface area contributed by atoms with Crippen molar-refractivity contribution < 1.29 is 0 Å². The highest BCUT2D eigenvalue weighted by Crippen LogP contribution is 2.19. The van der Waals surface area contributed by atoms with Crippen LogP contribution in [0.5, 0.6) is 0 Å². The summed E-state index contributed by atoms with van der Waals surface area (Å²) in [6.45, 7) is 18.2. The Bertz CT molecular complexity index is 182. The average molecular weight is 226 g/mol. The van der Waals surface area contributed by atoms with Gasteiger partial charge in [0.15, 0.2) is 0 Å². The van der Waals surface area contributed by atoms with E-state index in [-0.39, 0.29) is 5.54 Å². The maximum Gasteiger partial charge on any atom is 0.0229 e. The number of likely N-dealkylation sites (N-methyl/N-ethyl adjacent to an activating group) is 1. The molecule has 0 amide bonds. The predicted octanol–water partition coefficient (Wildman–Crippen LogP) is 3.05. The lowest BCUT2D eigenvalue weighted by atomic mass is 10.00. The summed E-state index contributed by atoms with van der Waals surface area (Å²) in [4.78, 5) is 2.55. The lowest BCUT2D eigenvalue weighted by Crippen LogP contribution is -2.51. The maximum atomic E-state index is 3.87. The van der Waals surface area contributed by atoms with Crippen molar-refractivity contribution >= 4 is 0 Å². The topological polar surface area (TPSA) is 15.3 Å². The molecule has 0 spiro atoms. The van der Waals surface area contributed by atoms with E-state index in [0.29, 0.717) is 6.04 Å². The minimum atomic E-state index is 0.212. The molecule has 16 heavy (non-hydrogen) atoms. The molecule has 0 aliphatic heterocycles. The van der Waals surface area contributed by atoms with Crippen LogP contribution in [0, 0.1) is 0 Å². The van der Waals surface area contributed by atoms with E-state index in [1.54, 1.807) is 0 Å². The van der Waals surface area contributed by atoms with Crippen molar-refractivity contribution in [3.05, 3.63) is 12.7 Å². The van der Waals surface area contributed by atoms with Crippen LogP contribution in [-0.2, 0) is 0 Å². The molecule has 0 bridgehead atoms. The molecular weight excluding hydrogens is 196 g/mol. The number of nitrogens with one attached hydrogen (secondary N) is 1. The SMILES string of the molecule is C=CCN(C(CCC)CNCC)C(C)(C)C. The first kappa shape index (κ1) is 15.7. The molecular formula is C14H30N2. The second kappa shape index (κ2) is 7.86. The molecule has 1 N–H and O–H groups in total. The Hall–Kier alpha value is -0.340. The van der Waals surface area contributed by atoms with Crippen molar-refractivity contribution in [2.75, 3.05) is 19.6 Å². The molecule has 2 nitrogen and oxygen atoms in total. The van der Waals surface area contributed by atoms with E-state index in [2.05, 4.69) is 51.4 Å². The molecule has 0 saturated carbocycles. The molecule has 0 aliphatic rings. The van der Waals surface area contributed by atoms with Crippen molar-refractivity contribution in [3.8, 4) is 0 Å². The highest BCUT2D eigenvalue weighted by Gasteiger charge is 2.26. The third-order valence-corrected chi connectivity index (χ3v) is 2.88. The fourth-order valence-corrected chi connectivity index (χ4v) is 2.12. The number of nitrogens with zero attached hydrogens (tertiary/aromatic N) is 1. The lowest BCUT2D eigenvalue weighted by Gasteiger charge is -2.41. The highest BCUT2D eigenvalue weighted by atomic mass is 15.2. The molecule has 1 atom stereocenters. The molecule has 0 aromatic carbocycles. The number of hydrogen-bond acceptors (Lipinski definition) is 2. The molecule has 0 radical (unpaired) electrons. The molecule has 0 aromatic heterocycles. The molecule has 1 unspecified atom stereocenters. The van der Waals surface area contributed by atoms with Crippen molar-refractivity contribution in [2.45, 2.75) is 59.0 Å². The predicted molar refractivity (Wildman–Crippen MR) is 73.9 cm³/mol. The summed E-state index contributed by atoms with van der Waals surface area (Å²) in [7, 11) is 0. The van der Waals surface area contributed by atoms with Gasteiger partial charge in [0.25, 0.3) is 0 Å². The zero-order valence-electron chi connectivity index (χ0n) is 11.8. The van der Waals surface area contributed by atoms with Crippen molar-refractivity contribution in [2.24, 2.45) is 0 Å². The fraction of sp³-hybridized carbons (Fsp3) is 0.857. The first-order chi connectivity index (χ1) is 7.47. The summed E-state index contributed by atoms with van der Waals surface area (Å²) >= 11 is 0. The summed E-state index contributed by atoms with van der Waals surface area (Å²) in [6, 6.07) is 0.614. The van der Waals surface area contributed by atoms with Gasteiger partial charge in [-0.25, -0.2) is 0 Å². The number of rotatable bonds is 8. The molecule has 0 aliphatic carbocycles. The van der Waals surface area contributed by atoms with Crippen LogP contribution in [0.1, 0.15) is 47.5 Å². The van der Waals surface area contributed by atoms with E-state index in [1.807, 2.05) is 6.08 Å². The van der Waals surface area contributed by atoms with Crippen LogP contribution in [0.3, 0.4) is 0 Å². The van der Waals surface area contributed by atoms with Crippen LogP contribution >= 0.6 is 0 Å². The van der Waals surface area contributed by atoms with Gasteiger partial charge in [0, 0.05) is 24.7 Å². The van der Waals surface area contributed by atoms with Gasteiger partial charge in [0.2, 0.25) is 0 Å². The Kier molecular flexibility index (Phi) is 7.69. The van der Waals surface area contributed by atoms with E-state index in [1.165, 1.54) is 12.8 Å². The van der Waals surface area contributed by atoms with E-state index in [0.717, 1.165) is 19.6 Å². The standard InChI is InChI=1S/C14H30N2/c1-7-10-13(12-15-9-3)16(11-8-2)14(4,5)6/h8,13,15H,2,7,9-12H2,1,3-6H3. The van der Waals surface area contributed by atoms with Gasteiger partial charge < -0.3 is 5.32 Å². The van der Waals surface area contributed by atoms with Gasteiger partial charge >= 0.3 is 0 Å². The lowest BCUT2D eigenvalue weighted by molar-refractivity contribution is 0.0900. The van der Waals surface area contributed by atoms with Gasteiger partial charge in [0.05, 0.1) is 0 Å². The quantitative estimate of drug-likeness (QED) is 0.640. The van der Waals surface area contributed by atoms with Gasteiger partial charge in [0.1, 0.15) is 0 Å². The largest absolute Gasteiger partial charge is 0.315 e. The van der Waals surface area contributed by atoms with Gasteiger partial charge in [-0.1, -0.05) is 26.3 Å². The van der Waals surface area contributed by atoms with Crippen LogP contribution in [-0.4, -0.2) is 36.1 Å². The Labute approximate surface area is 102 Å².